The SMILES string of the molecule is Brc1ccc2c(c1)c1ccccc1n2-c1nccc(-c2cccc([Si](c3ccccc3)(c3ccccc3)c3ccccc3)c2)n1.OB(O)c1ccc2c(c1)c1c3sc4ccccc4c3ccc1n2-c1ccccc1.c1ccc([Si](c2ccccc2)(c2ccccc2)c2cccc(-c3ccnc(-n4c5ccccc5c5ccccc54)n3)c2)cc1.c1ccc2c(c1)Cc1ccccc1-2. The average molecular weight is 1800 g/mol. The Bertz CT molecular complexity index is 8040. The van der Waals surface area contributed by atoms with E-state index in [1.807, 2.05) is 54.9 Å². The number of halogens is 1. The second-order valence-electron chi connectivity index (χ2n) is 33.0. The van der Waals surface area contributed by atoms with Crippen LogP contribution in [0.3, 0.4) is 0 Å². The average Bonchev–Trinajstić information content (AvgIpc) is 1.04. The third kappa shape index (κ3) is 14.8. The topological polar surface area (TPSA) is 107 Å². The van der Waals surface area contributed by atoms with Crippen molar-refractivity contribution >= 4 is 183 Å². The van der Waals surface area contributed by atoms with Crippen LogP contribution in [0.2, 0.25) is 0 Å². The van der Waals surface area contributed by atoms with Crippen molar-refractivity contribution in [2.75, 3.05) is 0 Å². The first-order valence-corrected chi connectivity index (χ1v) is 49.7. The molecule has 2 N–H and O–H groups in total. The van der Waals surface area contributed by atoms with Crippen molar-refractivity contribution in [3.05, 3.63) is 495 Å². The van der Waals surface area contributed by atoms with Crippen molar-refractivity contribution in [1.29, 1.82) is 0 Å². The van der Waals surface area contributed by atoms with Crippen LogP contribution in [0.5, 0.6) is 0 Å². The van der Waals surface area contributed by atoms with Crippen molar-refractivity contribution in [2.45, 2.75) is 6.42 Å². The number of hydrogen-bond acceptors (Lipinski definition) is 7. The summed E-state index contributed by atoms with van der Waals surface area (Å²) in [5.74, 6) is 1.33. The Morgan fingerprint density at radius 1 is 0.282 bits per heavy atom. The Morgan fingerprint density at radius 3 is 1.11 bits per heavy atom. The number of benzene rings is 18. The Morgan fingerprint density at radius 2 is 0.649 bits per heavy atom. The van der Waals surface area contributed by atoms with Gasteiger partial charge in [0.05, 0.1) is 44.5 Å². The molecule has 0 saturated heterocycles. The van der Waals surface area contributed by atoms with Gasteiger partial charge in [-0.2, -0.15) is 0 Å². The fourth-order valence-electron chi connectivity index (χ4n) is 19.9. The van der Waals surface area contributed by atoms with Crippen molar-refractivity contribution in [1.82, 2.24) is 33.6 Å². The molecule has 25 rings (SSSR count). The van der Waals surface area contributed by atoms with Crippen molar-refractivity contribution in [3.63, 3.8) is 0 Å². The molecule has 0 unspecified atom stereocenters. The van der Waals surface area contributed by atoms with Gasteiger partial charge in [-0.1, -0.05) is 404 Å². The minimum atomic E-state index is -2.66. The second-order valence-corrected chi connectivity index (χ2v) is 42.6. The molecule has 0 bridgehead atoms. The van der Waals surface area contributed by atoms with Crippen LogP contribution in [-0.4, -0.2) is 67.0 Å². The first-order chi connectivity index (χ1) is 64.7. The van der Waals surface area contributed by atoms with Gasteiger partial charge in [-0.3, -0.25) is 9.13 Å². The number of para-hydroxylation sites is 4. The highest BCUT2D eigenvalue weighted by Crippen LogP contribution is 2.44. The standard InChI is InChI=1S/C40H28BrN3Si.C40H29N3Si.C24H16BNO2S.C13H10/c41-30-23-24-39-36(28-30)35-21-10-11-22-38(35)44(39)40-42-26-25-37(43-40)29-13-12-20-34(27-29)45(31-14-4-1-5-15-31,32-16-6-2-7-17-32)33-18-8-3-9-19-33;1-4-16-31(17-5-1)44(32-18-6-2-7-19-32,33-20-8-3-9-21-33)34-22-14-15-30(29-34)37-27-28-41-40(42-37)43-38-25-12-10-23-35(38)36-24-11-13-26-39(36)43;27-25(28)15-10-12-20-19(14-15)23-21(26(20)16-6-2-1-3-7-16)13-11-18-17-8-4-5-9-22(17)29-24(18)23;1-3-7-12-10(5-1)9-11-6-2-4-8-13(11)12/h1-28H;1-29H;1-14,27-28H;1-8H,9H2. The maximum Gasteiger partial charge on any atom is 0.488 e. The van der Waals surface area contributed by atoms with E-state index < -0.39 is 23.3 Å². The summed E-state index contributed by atoms with van der Waals surface area (Å²) in [6, 6.07) is 166. The minimum Gasteiger partial charge on any atom is -0.423 e. The van der Waals surface area contributed by atoms with Crippen molar-refractivity contribution in [2.24, 2.45) is 0 Å². The summed E-state index contributed by atoms with van der Waals surface area (Å²) in [4.78, 5) is 20.0. The van der Waals surface area contributed by atoms with E-state index in [2.05, 4.69) is 448 Å². The Hall–Kier alpha value is -15.4. The maximum absolute atomic E-state index is 9.76. The summed E-state index contributed by atoms with van der Waals surface area (Å²) in [5.41, 5.74) is 17.8. The molecule has 0 radical (unpaired) electrons. The molecule has 18 aromatic carbocycles. The summed E-state index contributed by atoms with van der Waals surface area (Å²) in [7, 11) is -6.80. The van der Waals surface area contributed by atoms with Gasteiger partial charge in [-0.15, -0.1) is 11.3 Å². The summed E-state index contributed by atoms with van der Waals surface area (Å²) < 4.78 is 10.1. The number of rotatable bonds is 14. The molecule has 131 heavy (non-hydrogen) atoms. The molecule has 1 aliphatic rings. The number of nitrogens with zero attached hydrogens (tertiary/aromatic N) is 7. The number of fused-ring (bicyclic) bond motifs is 16. The zero-order chi connectivity index (χ0) is 87.8. The minimum absolute atomic E-state index is 0.503. The van der Waals surface area contributed by atoms with Crippen molar-refractivity contribution in [3.8, 4) is 51.2 Å². The van der Waals surface area contributed by atoms with Crippen LogP contribution in [0.1, 0.15) is 11.1 Å². The Labute approximate surface area is 773 Å². The van der Waals surface area contributed by atoms with Crippen LogP contribution in [-0.2, 0) is 6.42 Å². The van der Waals surface area contributed by atoms with Gasteiger partial charge in [0.1, 0.15) is 0 Å². The lowest BCUT2D eigenvalue weighted by molar-refractivity contribution is 0.426. The Kier molecular flexibility index (Phi) is 22.0. The van der Waals surface area contributed by atoms with Gasteiger partial charge >= 0.3 is 7.12 Å². The molecule has 622 valence electrons. The quantitative estimate of drug-likeness (QED) is 0.0830. The predicted octanol–water partition coefficient (Wildman–Crippen LogP) is 22.1. The molecule has 0 aliphatic heterocycles. The van der Waals surface area contributed by atoms with E-state index in [9.17, 15) is 10.0 Å². The summed E-state index contributed by atoms with van der Waals surface area (Å²) in [6.07, 6.45) is 4.86. The van der Waals surface area contributed by atoms with E-state index in [0.29, 0.717) is 17.4 Å². The molecule has 0 spiro atoms. The number of aromatic nitrogens is 7. The molecule has 0 saturated carbocycles. The van der Waals surface area contributed by atoms with Gasteiger partial charge in [-0.05, 0) is 154 Å². The van der Waals surface area contributed by atoms with Crippen LogP contribution >= 0.6 is 27.3 Å². The smallest absolute Gasteiger partial charge is 0.423 e. The van der Waals surface area contributed by atoms with Crippen molar-refractivity contribution < 1.29 is 10.0 Å². The number of thiophene rings is 1. The maximum atomic E-state index is 9.76. The molecular weight excluding hydrogens is 1710 g/mol. The summed E-state index contributed by atoms with van der Waals surface area (Å²) in [6.45, 7) is 0. The molecule has 24 aromatic rings. The summed E-state index contributed by atoms with van der Waals surface area (Å²) in [5, 5.41) is 39.7. The van der Waals surface area contributed by atoms with E-state index in [1.165, 1.54) is 105 Å². The van der Waals surface area contributed by atoms with E-state index in [4.69, 9.17) is 19.9 Å². The third-order valence-electron chi connectivity index (χ3n) is 25.6. The summed E-state index contributed by atoms with van der Waals surface area (Å²) >= 11 is 5.45. The van der Waals surface area contributed by atoms with Gasteiger partial charge in [0.25, 0.3) is 0 Å². The second kappa shape index (κ2) is 35.4. The fraction of sp³-hybridized carbons (Fsp3) is 0.00855. The zero-order valence-electron chi connectivity index (χ0n) is 71.2. The molecular formula is C117H83BBrN7O2SSi2. The molecule has 1 aliphatic carbocycles. The van der Waals surface area contributed by atoms with Crippen LogP contribution < -0.4 is 47.0 Å². The molecule has 6 heterocycles. The Balaban J connectivity index is 0.000000109. The lowest BCUT2D eigenvalue weighted by Crippen LogP contribution is -2.74. The van der Waals surface area contributed by atoms with Gasteiger partial charge in [0.15, 0.2) is 16.1 Å². The molecule has 14 heteroatoms. The molecule has 9 nitrogen and oxygen atoms in total. The predicted molar refractivity (Wildman–Crippen MR) is 557 cm³/mol. The fourth-order valence-corrected chi connectivity index (χ4v) is 31.1. The van der Waals surface area contributed by atoms with Gasteiger partial charge < -0.3 is 14.6 Å². The largest absolute Gasteiger partial charge is 0.488 e. The highest BCUT2D eigenvalue weighted by Gasteiger charge is 2.43. The highest BCUT2D eigenvalue weighted by atomic mass is 79.9. The normalized spacial score (nSPS) is 11.7. The van der Waals surface area contributed by atoms with E-state index in [-0.39, 0.29) is 0 Å². The molecule has 6 aromatic heterocycles. The van der Waals surface area contributed by atoms with Gasteiger partial charge in [0, 0.05) is 86.2 Å². The van der Waals surface area contributed by atoms with Crippen LogP contribution in [0.4, 0.5) is 0 Å². The van der Waals surface area contributed by atoms with E-state index >= 15 is 0 Å². The monoisotopic (exact) mass is 1800 g/mol. The highest BCUT2D eigenvalue weighted by molar-refractivity contribution is 9.10. The van der Waals surface area contributed by atoms with Crippen LogP contribution in [0.25, 0.3) is 137 Å². The zero-order valence-corrected chi connectivity index (χ0v) is 75.6. The first kappa shape index (κ1) is 81.4. The van der Waals surface area contributed by atoms with Crippen LogP contribution in [0, 0.1) is 0 Å². The third-order valence-corrected chi connectivity index (χ3v) is 36.9. The number of hydrogen-bond donors (Lipinski definition) is 2. The molecule has 0 fully saturated rings. The lowest BCUT2D eigenvalue weighted by atomic mass is 9.80. The van der Waals surface area contributed by atoms with E-state index in [0.717, 1.165) is 83.0 Å². The molecule has 0 amide bonds. The van der Waals surface area contributed by atoms with Gasteiger partial charge in [-0.25, -0.2) is 19.9 Å². The lowest BCUT2D eigenvalue weighted by Gasteiger charge is -2.34. The van der Waals surface area contributed by atoms with Gasteiger partial charge in [0.2, 0.25) is 11.9 Å². The van der Waals surface area contributed by atoms with E-state index in [1.54, 1.807) is 17.4 Å². The molecule has 0 atom stereocenters. The van der Waals surface area contributed by atoms with Crippen LogP contribution in [0.15, 0.2) is 484 Å². The first-order valence-electron chi connectivity index (χ1n) is 44.1.